The van der Waals surface area contributed by atoms with Gasteiger partial charge in [0.2, 0.25) is 5.91 Å². The summed E-state index contributed by atoms with van der Waals surface area (Å²) in [5.74, 6) is 0.655. The van der Waals surface area contributed by atoms with Crippen molar-refractivity contribution in [2.45, 2.75) is 25.3 Å². The van der Waals surface area contributed by atoms with E-state index in [0.717, 1.165) is 6.54 Å². The highest BCUT2D eigenvalue weighted by Crippen LogP contribution is 2.27. The van der Waals surface area contributed by atoms with Crippen molar-refractivity contribution >= 4 is 5.91 Å². The predicted molar refractivity (Wildman–Crippen MR) is 50.2 cm³/mol. The van der Waals surface area contributed by atoms with Crippen molar-refractivity contribution in [1.82, 2.24) is 5.32 Å². The van der Waals surface area contributed by atoms with Gasteiger partial charge in [-0.05, 0) is 25.2 Å². The molecule has 0 heterocycles. The monoisotopic (exact) mass is 186 g/mol. The summed E-state index contributed by atoms with van der Waals surface area (Å²) in [5.41, 5.74) is 5.62. The van der Waals surface area contributed by atoms with Crippen molar-refractivity contribution in [2.24, 2.45) is 11.7 Å². The third kappa shape index (κ3) is 4.24. The molecule has 3 N–H and O–H groups in total. The Balaban J connectivity index is 2.05. The number of methoxy groups -OCH3 is 1. The molecule has 0 saturated heterocycles. The molecule has 1 rings (SSSR count). The Labute approximate surface area is 78.8 Å². The van der Waals surface area contributed by atoms with E-state index in [2.05, 4.69) is 5.32 Å². The van der Waals surface area contributed by atoms with E-state index in [0.29, 0.717) is 18.9 Å². The summed E-state index contributed by atoms with van der Waals surface area (Å²) in [4.78, 5) is 11.3. The maximum Gasteiger partial charge on any atom is 0.237 e. The minimum atomic E-state index is -0.418. The predicted octanol–water partition coefficient (Wildman–Crippen LogP) is -0.124. The zero-order valence-electron chi connectivity index (χ0n) is 8.08. The van der Waals surface area contributed by atoms with E-state index in [9.17, 15) is 4.79 Å². The molecule has 0 aromatic rings. The summed E-state index contributed by atoms with van der Waals surface area (Å²) in [6.45, 7) is 1.33. The van der Waals surface area contributed by atoms with Crippen LogP contribution in [0.3, 0.4) is 0 Å². The molecule has 0 aromatic carbocycles. The molecule has 1 unspecified atom stereocenters. The summed E-state index contributed by atoms with van der Waals surface area (Å²) >= 11 is 0. The molecular formula is C9H18N2O2. The lowest BCUT2D eigenvalue weighted by Gasteiger charge is -2.10. The van der Waals surface area contributed by atoms with Crippen molar-refractivity contribution in [1.29, 1.82) is 0 Å². The average Bonchev–Trinajstić information content (AvgIpc) is 2.93. The number of nitrogens with one attached hydrogen (secondary N) is 1. The quantitative estimate of drug-likeness (QED) is 0.607. The fourth-order valence-corrected chi connectivity index (χ4v) is 1.07. The Kier molecular flexibility index (Phi) is 4.18. The van der Waals surface area contributed by atoms with Crippen LogP contribution in [-0.4, -0.2) is 32.2 Å². The van der Waals surface area contributed by atoms with E-state index in [1.165, 1.54) is 12.8 Å². The Morgan fingerprint density at radius 2 is 2.38 bits per heavy atom. The topological polar surface area (TPSA) is 64.3 Å². The number of carbonyl (C=O) groups excluding carboxylic acids is 1. The molecule has 76 valence electrons. The summed E-state index contributed by atoms with van der Waals surface area (Å²) in [5, 5.41) is 2.83. The number of amides is 1. The molecule has 0 bridgehead atoms. The number of nitrogens with two attached hydrogens (primary N) is 1. The Hall–Kier alpha value is -0.610. The van der Waals surface area contributed by atoms with Crippen LogP contribution in [0.2, 0.25) is 0 Å². The number of hydrogen-bond acceptors (Lipinski definition) is 3. The van der Waals surface area contributed by atoms with Crippen LogP contribution in [-0.2, 0) is 9.53 Å². The molecule has 0 aliphatic heterocycles. The maximum absolute atomic E-state index is 11.3. The fourth-order valence-electron chi connectivity index (χ4n) is 1.07. The third-order valence-electron chi connectivity index (χ3n) is 2.23. The lowest BCUT2D eigenvalue weighted by atomic mass is 10.2. The van der Waals surface area contributed by atoms with Crippen LogP contribution >= 0.6 is 0 Å². The number of carbonyl (C=O) groups is 1. The number of hydrogen-bond donors (Lipinski definition) is 2. The SMILES string of the molecule is COCCC(N)C(=O)NCC1CC1. The Bertz CT molecular complexity index is 169. The molecule has 4 nitrogen and oxygen atoms in total. The van der Waals surface area contributed by atoms with Crippen LogP contribution in [0, 0.1) is 5.92 Å². The van der Waals surface area contributed by atoms with E-state index in [1.807, 2.05) is 0 Å². The first kappa shape index (κ1) is 10.5. The summed E-state index contributed by atoms with van der Waals surface area (Å²) in [7, 11) is 1.61. The standard InChI is InChI=1S/C9H18N2O2/c1-13-5-4-8(10)9(12)11-6-7-2-3-7/h7-8H,2-6,10H2,1H3,(H,11,12). The second kappa shape index (κ2) is 5.19. The van der Waals surface area contributed by atoms with Crippen molar-refractivity contribution in [3.05, 3.63) is 0 Å². The molecule has 1 fully saturated rings. The van der Waals surface area contributed by atoms with Crippen LogP contribution in [0.15, 0.2) is 0 Å². The van der Waals surface area contributed by atoms with Crippen LogP contribution in [0.1, 0.15) is 19.3 Å². The van der Waals surface area contributed by atoms with E-state index in [1.54, 1.807) is 7.11 Å². The van der Waals surface area contributed by atoms with Crippen LogP contribution in [0.5, 0.6) is 0 Å². The van der Waals surface area contributed by atoms with Crippen molar-refractivity contribution in [2.75, 3.05) is 20.3 Å². The second-order valence-corrected chi connectivity index (χ2v) is 3.58. The van der Waals surface area contributed by atoms with Gasteiger partial charge >= 0.3 is 0 Å². The Morgan fingerprint density at radius 1 is 1.69 bits per heavy atom. The molecular weight excluding hydrogens is 168 g/mol. The van der Waals surface area contributed by atoms with Gasteiger partial charge in [0.1, 0.15) is 0 Å². The number of rotatable bonds is 6. The third-order valence-corrected chi connectivity index (χ3v) is 2.23. The largest absolute Gasteiger partial charge is 0.385 e. The molecule has 1 aliphatic rings. The molecule has 0 radical (unpaired) electrons. The zero-order valence-corrected chi connectivity index (χ0v) is 8.08. The van der Waals surface area contributed by atoms with E-state index < -0.39 is 6.04 Å². The molecule has 13 heavy (non-hydrogen) atoms. The second-order valence-electron chi connectivity index (χ2n) is 3.58. The molecule has 1 saturated carbocycles. The van der Waals surface area contributed by atoms with Crippen LogP contribution in [0.25, 0.3) is 0 Å². The van der Waals surface area contributed by atoms with E-state index >= 15 is 0 Å². The normalized spacial score (nSPS) is 18.3. The van der Waals surface area contributed by atoms with Gasteiger partial charge in [-0.2, -0.15) is 0 Å². The first-order valence-corrected chi connectivity index (χ1v) is 4.76. The van der Waals surface area contributed by atoms with Crippen LogP contribution in [0.4, 0.5) is 0 Å². The maximum atomic E-state index is 11.3. The molecule has 1 amide bonds. The van der Waals surface area contributed by atoms with Gasteiger partial charge < -0.3 is 15.8 Å². The highest BCUT2D eigenvalue weighted by atomic mass is 16.5. The first-order valence-electron chi connectivity index (χ1n) is 4.76. The van der Waals surface area contributed by atoms with Gasteiger partial charge in [0, 0.05) is 20.3 Å². The van der Waals surface area contributed by atoms with Crippen molar-refractivity contribution in [3.63, 3.8) is 0 Å². The highest BCUT2D eigenvalue weighted by molar-refractivity contribution is 5.81. The fraction of sp³-hybridized carbons (Fsp3) is 0.889. The van der Waals surface area contributed by atoms with Gasteiger partial charge in [-0.3, -0.25) is 4.79 Å². The molecule has 4 heteroatoms. The molecule has 1 aliphatic carbocycles. The van der Waals surface area contributed by atoms with Gasteiger partial charge in [0.25, 0.3) is 0 Å². The summed E-state index contributed by atoms with van der Waals surface area (Å²) in [6.07, 6.45) is 3.08. The molecule has 0 spiro atoms. The smallest absolute Gasteiger partial charge is 0.237 e. The molecule has 0 aromatic heterocycles. The van der Waals surface area contributed by atoms with Gasteiger partial charge in [-0.25, -0.2) is 0 Å². The lowest BCUT2D eigenvalue weighted by Crippen LogP contribution is -2.41. The van der Waals surface area contributed by atoms with Gasteiger partial charge in [0.05, 0.1) is 6.04 Å². The van der Waals surface area contributed by atoms with Gasteiger partial charge in [-0.15, -0.1) is 0 Å². The summed E-state index contributed by atoms with van der Waals surface area (Å²) < 4.78 is 4.84. The first-order chi connectivity index (χ1) is 6.24. The Morgan fingerprint density at radius 3 is 2.92 bits per heavy atom. The van der Waals surface area contributed by atoms with E-state index in [4.69, 9.17) is 10.5 Å². The van der Waals surface area contributed by atoms with Crippen molar-refractivity contribution in [3.8, 4) is 0 Å². The van der Waals surface area contributed by atoms with E-state index in [-0.39, 0.29) is 5.91 Å². The minimum absolute atomic E-state index is 0.0519. The highest BCUT2D eigenvalue weighted by Gasteiger charge is 2.22. The van der Waals surface area contributed by atoms with Gasteiger partial charge in [0.15, 0.2) is 0 Å². The van der Waals surface area contributed by atoms with Crippen LogP contribution < -0.4 is 11.1 Å². The lowest BCUT2D eigenvalue weighted by molar-refractivity contribution is -0.122. The van der Waals surface area contributed by atoms with Gasteiger partial charge in [-0.1, -0.05) is 0 Å². The summed E-state index contributed by atoms with van der Waals surface area (Å²) in [6, 6.07) is -0.418. The van der Waals surface area contributed by atoms with Crippen molar-refractivity contribution < 1.29 is 9.53 Å². The molecule has 1 atom stereocenters. The minimum Gasteiger partial charge on any atom is -0.385 e. The zero-order chi connectivity index (χ0) is 9.68. The number of ether oxygens (including phenoxy) is 1. The average molecular weight is 186 g/mol.